The Morgan fingerprint density at radius 3 is 2.39 bits per heavy atom. The lowest BCUT2D eigenvalue weighted by molar-refractivity contribution is -0.141. The van der Waals surface area contributed by atoms with Crippen LogP contribution in [0.15, 0.2) is 30.3 Å². The molecule has 38 heavy (non-hydrogen) atoms. The molecule has 0 radical (unpaired) electrons. The molecule has 204 valence electrons. The second-order valence-corrected chi connectivity index (χ2v) is 10.4. The van der Waals surface area contributed by atoms with E-state index < -0.39 is 23.3 Å². The number of nitrogens with zero attached hydrogens (tertiary/aromatic N) is 2. The van der Waals surface area contributed by atoms with Crippen LogP contribution in [-0.4, -0.2) is 41.3 Å². The van der Waals surface area contributed by atoms with Crippen molar-refractivity contribution in [3.8, 4) is 0 Å². The van der Waals surface area contributed by atoms with E-state index in [0.29, 0.717) is 37.4 Å². The molecule has 1 saturated carbocycles. The largest absolute Gasteiger partial charge is 0.435 e. The molecule has 1 saturated heterocycles. The summed E-state index contributed by atoms with van der Waals surface area (Å²) in [6.07, 6.45) is 3.57. The van der Waals surface area contributed by atoms with Crippen molar-refractivity contribution < 1.29 is 27.5 Å². The molecule has 3 heterocycles. The third kappa shape index (κ3) is 5.48. The van der Waals surface area contributed by atoms with Crippen molar-refractivity contribution in [1.82, 2.24) is 10.2 Å². The summed E-state index contributed by atoms with van der Waals surface area (Å²) >= 11 is 0. The van der Waals surface area contributed by atoms with Gasteiger partial charge in [0.05, 0.1) is 5.41 Å². The van der Waals surface area contributed by atoms with Gasteiger partial charge in [0.25, 0.3) is 0 Å². The van der Waals surface area contributed by atoms with Crippen LogP contribution >= 0.6 is 0 Å². The number of halogens is 3. The molecule has 1 spiro atoms. The maximum Gasteiger partial charge on any atom is 0.435 e. The maximum atomic E-state index is 13.6. The van der Waals surface area contributed by atoms with Gasteiger partial charge >= 0.3 is 6.18 Å². The first-order chi connectivity index (χ1) is 18.3. The molecule has 3 aliphatic rings. The van der Waals surface area contributed by atoms with Crippen LogP contribution in [0.25, 0.3) is 0 Å². The third-order valence-electron chi connectivity index (χ3n) is 7.99. The molecule has 1 unspecified atom stereocenters. The van der Waals surface area contributed by atoms with Gasteiger partial charge in [0.2, 0.25) is 11.8 Å². The maximum absolute atomic E-state index is 13.6. The number of aromatic nitrogens is 2. The second-order valence-electron chi connectivity index (χ2n) is 10.4. The number of amides is 2. The first kappa shape index (κ1) is 26.4. The van der Waals surface area contributed by atoms with Gasteiger partial charge in [0.1, 0.15) is 11.9 Å². The number of ether oxygens (including phenoxy) is 1. The molecule has 11 heteroatoms. The summed E-state index contributed by atoms with van der Waals surface area (Å²) in [6.45, 7) is 1.04. The summed E-state index contributed by atoms with van der Waals surface area (Å²) in [5.41, 5.74) is 0.449. The summed E-state index contributed by atoms with van der Waals surface area (Å²) in [4.78, 5) is 26.5. The fourth-order valence-electron chi connectivity index (χ4n) is 5.88. The van der Waals surface area contributed by atoms with Gasteiger partial charge in [0, 0.05) is 24.6 Å². The third-order valence-corrected chi connectivity index (χ3v) is 7.99. The highest BCUT2D eigenvalue weighted by Gasteiger charge is 2.47. The van der Waals surface area contributed by atoms with Gasteiger partial charge in [-0.15, -0.1) is 10.2 Å². The van der Waals surface area contributed by atoms with E-state index in [0.717, 1.165) is 56.6 Å². The lowest BCUT2D eigenvalue weighted by atomic mass is 9.75. The van der Waals surface area contributed by atoms with Gasteiger partial charge in [-0.05, 0) is 61.4 Å². The fourth-order valence-corrected chi connectivity index (χ4v) is 5.88. The predicted octanol–water partition coefficient (Wildman–Crippen LogP) is 5.28. The minimum atomic E-state index is -4.59. The van der Waals surface area contributed by atoms with Gasteiger partial charge in [-0.25, -0.2) is 0 Å². The zero-order valence-electron chi connectivity index (χ0n) is 21.1. The van der Waals surface area contributed by atoms with Crippen LogP contribution < -0.4 is 16.0 Å². The van der Waals surface area contributed by atoms with E-state index in [1.165, 1.54) is 6.07 Å². The zero-order valence-corrected chi connectivity index (χ0v) is 21.1. The summed E-state index contributed by atoms with van der Waals surface area (Å²) in [5, 5.41) is 16.0. The van der Waals surface area contributed by atoms with Crippen molar-refractivity contribution in [2.75, 3.05) is 29.2 Å². The number of rotatable bonds is 5. The van der Waals surface area contributed by atoms with Gasteiger partial charge in [-0.1, -0.05) is 38.2 Å². The Morgan fingerprint density at radius 2 is 1.74 bits per heavy atom. The molecule has 0 bridgehead atoms. The molecule has 1 aromatic heterocycles. The van der Waals surface area contributed by atoms with Crippen molar-refractivity contribution in [2.45, 2.75) is 75.4 Å². The van der Waals surface area contributed by atoms with Crippen LogP contribution in [0, 0.1) is 5.92 Å². The Balaban J connectivity index is 1.36. The Morgan fingerprint density at radius 1 is 1.03 bits per heavy atom. The zero-order chi connectivity index (χ0) is 26.8. The highest BCUT2D eigenvalue weighted by atomic mass is 19.4. The van der Waals surface area contributed by atoms with Crippen LogP contribution in [0.5, 0.6) is 0 Å². The summed E-state index contributed by atoms with van der Waals surface area (Å²) in [6, 6.07) is 6.80. The molecule has 2 fully saturated rings. The molecule has 8 nitrogen and oxygen atoms in total. The number of hydrogen-bond donors (Lipinski definition) is 3. The van der Waals surface area contributed by atoms with Crippen LogP contribution in [0.2, 0.25) is 0 Å². The number of anilines is 3. The topological polar surface area (TPSA) is 105 Å². The van der Waals surface area contributed by atoms with E-state index in [2.05, 4.69) is 26.1 Å². The normalized spacial score (nSPS) is 20.7. The highest BCUT2D eigenvalue weighted by Crippen LogP contribution is 2.45. The van der Waals surface area contributed by atoms with Crippen LogP contribution in [0.3, 0.4) is 0 Å². The monoisotopic (exact) mass is 531 g/mol. The number of hydrogen-bond acceptors (Lipinski definition) is 6. The van der Waals surface area contributed by atoms with E-state index in [1.54, 1.807) is 12.1 Å². The average Bonchev–Trinajstić information content (AvgIpc) is 3.12. The van der Waals surface area contributed by atoms with E-state index in [1.807, 2.05) is 6.07 Å². The Kier molecular flexibility index (Phi) is 7.56. The Bertz CT molecular complexity index is 1160. The first-order valence-corrected chi connectivity index (χ1v) is 13.3. The summed E-state index contributed by atoms with van der Waals surface area (Å²) in [5.74, 6) is -0.251. The van der Waals surface area contributed by atoms with Gasteiger partial charge < -0.3 is 20.7 Å². The van der Waals surface area contributed by atoms with Crippen molar-refractivity contribution in [3.05, 3.63) is 41.6 Å². The minimum absolute atomic E-state index is 0.0148. The molecule has 2 aromatic rings. The lowest BCUT2D eigenvalue weighted by Gasteiger charge is -2.31. The van der Waals surface area contributed by atoms with E-state index in [4.69, 9.17) is 4.74 Å². The number of carbonyl (C=O) groups excluding carboxylic acids is 2. The Labute approximate surface area is 219 Å². The highest BCUT2D eigenvalue weighted by molar-refractivity contribution is 6.07. The molecule has 1 aliphatic carbocycles. The van der Waals surface area contributed by atoms with Crippen LogP contribution in [0.1, 0.15) is 69.0 Å². The molecule has 5 rings (SSSR count). The molecule has 2 amide bonds. The predicted molar refractivity (Wildman–Crippen MR) is 136 cm³/mol. The SMILES string of the molecule is O=C(Nc1ccc2c(c1)NC(=O)C21CCOCC1)C(Nc1ccc(C(F)(F)F)nn1)C1CCCCCCC1. The van der Waals surface area contributed by atoms with Crippen molar-refractivity contribution in [3.63, 3.8) is 0 Å². The van der Waals surface area contributed by atoms with E-state index in [-0.39, 0.29) is 23.6 Å². The van der Waals surface area contributed by atoms with Crippen molar-refractivity contribution >= 4 is 29.0 Å². The second kappa shape index (κ2) is 10.9. The van der Waals surface area contributed by atoms with Gasteiger partial charge in [-0.3, -0.25) is 9.59 Å². The molecular formula is C27H32F3N5O3. The Hall–Kier alpha value is -3.21. The number of alkyl halides is 3. The smallest absolute Gasteiger partial charge is 0.381 e. The van der Waals surface area contributed by atoms with Crippen LogP contribution in [0.4, 0.5) is 30.4 Å². The van der Waals surface area contributed by atoms with Crippen molar-refractivity contribution in [1.29, 1.82) is 0 Å². The molecular weight excluding hydrogens is 499 g/mol. The summed E-state index contributed by atoms with van der Waals surface area (Å²) < 4.78 is 44.3. The standard InChI is InChI=1S/C27H32F3N5O3/c28-27(29,30)21-10-11-22(35-34-21)33-23(17-6-4-2-1-3-5-7-17)24(36)31-18-8-9-19-20(16-18)32-25(37)26(19)12-14-38-15-13-26/h8-11,16-17,23H,1-7,12-15H2,(H,31,36)(H,32,37)(H,33,35). The lowest BCUT2D eigenvalue weighted by Crippen LogP contribution is -2.41. The van der Waals surface area contributed by atoms with Crippen molar-refractivity contribution in [2.24, 2.45) is 5.92 Å². The van der Waals surface area contributed by atoms with Gasteiger partial charge in [0.15, 0.2) is 5.69 Å². The molecule has 1 atom stereocenters. The number of fused-ring (bicyclic) bond motifs is 2. The van der Waals surface area contributed by atoms with E-state index in [9.17, 15) is 22.8 Å². The number of carbonyl (C=O) groups is 2. The average molecular weight is 532 g/mol. The van der Waals surface area contributed by atoms with Gasteiger partial charge in [-0.2, -0.15) is 13.2 Å². The summed E-state index contributed by atoms with van der Waals surface area (Å²) in [7, 11) is 0. The quantitative estimate of drug-likeness (QED) is 0.485. The van der Waals surface area contributed by atoms with E-state index >= 15 is 0 Å². The van der Waals surface area contributed by atoms with Crippen LogP contribution in [-0.2, 0) is 25.9 Å². The fraction of sp³-hybridized carbons (Fsp3) is 0.556. The molecule has 2 aliphatic heterocycles. The number of nitrogens with one attached hydrogen (secondary N) is 3. The first-order valence-electron chi connectivity index (χ1n) is 13.3. The number of benzene rings is 1. The minimum Gasteiger partial charge on any atom is -0.381 e. The molecule has 1 aromatic carbocycles. The molecule has 3 N–H and O–H groups in total.